The van der Waals surface area contributed by atoms with Gasteiger partial charge in [-0.1, -0.05) is 49.2 Å². The molecule has 1 saturated heterocycles. The Balaban J connectivity index is 1.01. The Morgan fingerprint density at radius 2 is 1.77 bits per heavy atom. The number of unbranched alkanes of at least 4 members (excludes halogenated alkanes) is 1. The highest BCUT2D eigenvalue weighted by molar-refractivity contribution is 6.43. The van der Waals surface area contributed by atoms with Crippen molar-refractivity contribution in [1.29, 1.82) is 0 Å². The van der Waals surface area contributed by atoms with Crippen molar-refractivity contribution in [3.8, 4) is 5.75 Å². The first-order valence-electron chi connectivity index (χ1n) is 14.2. The first-order valence-corrected chi connectivity index (χ1v) is 15.0. The number of hydrogen-bond donors (Lipinski definition) is 0. The van der Waals surface area contributed by atoms with E-state index >= 15 is 0 Å². The van der Waals surface area contributed by atoms with Gasteiger partial charge in [0, 0.05) is 38.7 Å². The van der Waals surface area contributed by atoms with Crippen molar-refractivity contribution in [1.82, 2.24) is 4.90 Å². The Morgan fingerprint density at radius 3 is 2.52 bits per heavy atom. The molecule has 3 aliphatic rings. The SMILES string of the molecule is CC1(C)CC1(C)C(=O)OCOC1=Nc2cc(OCCCCN3CCN(c4cccc(Cl)c4Cl)CC3)ccc2CC1. The zero-order valence-corrected chi connectivity index (χ0v) is 25.2. The van der Waals surface area contributed by atoms with Gasteiger partial charge in [0.1, 0.15) is 5.75 Å². The minimum Gasteiger partial charge on any atom is -0.494 e. The van der Waals surface area contributed by atoms with Gasteiger partial charge in [0.05, 0.1) is 33.4 Å². The maximum absolute atomic E-state index is 12.4. The number of nitrogens with zero attached hydrogens (tertiary/aromatic N) is 3. The molecule has 0 bridgehead atoms. The van der Waals surface area contributed by atoms with Gasteiger partial charge in [-0.2, -0.15) is 0 Å². The Labute approximate surface area is 247 Å². The van der Waals surface area contributed by atoms with Crippen LogP contribution in [0, 0.1) is 10.8 Å². The van der Waals surface area contributed by atoms with Crippen LogP contribution in [0.15, 0.2) is 41.4 Å². The molecular formula is C31H39Cl2N3O4. The smallest absolute Gasteiger partial charge is 0.315 e. The summed E-state index contributed by atoms with van der Waals surface area (Å²) in [4.78, 5) is 21.8. The molecule has 2 aromatic rings. The van der Waals surface area contributed by atoms with E-state index in [1.807, 2.05) is 37.3 Å². The number of halogens is 2. The van der Waals surface area contributed by atoms with E-state index in [2.05, 4.69) is 34.7 Å². The second kappa shape index (κ2) is 12.2. The van der Waals surface area contributed by atoms with E-state index < -0.39 is 5.41 Å². The first-order chi connectivity index (χ1) is 19.2. The van der Waals surface area contributed by atoms with Crippen molar-refractivity contribution in [2.24, 2.45) is 15.8 Å². The van der Waals surface area contributed by atoms with Crippen LogP contribution in [0.5, 0.6) is 5.75 Å². The quantitative estimate of drug-likeness (QED) is 0.171. The third kappa shape index (κ3) is 6.53. The summed E-state index contributed by atoms with van der Waals surface area (Å²) in [6.07, 6.45) is 4.43. The van der Waals surface area contributed by atoms with Crippen molar-refractivity contribution in [3.63, 3.8) is 0 Å². The number of aliphatic imine (C=N–C) groups is 1. The predicted octanol–water partition coefficient (Wildman–Crippen LogP) is 6.90. The Morgan fingerprint density at radius 1 is 1.00 bits per heavy atom. The predicted molar refractivity (Wildman–Crippen MR) is 160 cm³/mol. The molecule has 1 aliphatic carbocycles. The molecule has 216 valence electrons. The lowest BCUT2D eigenvalue weighted by Crippen LogP contribution is -2.46. The lowest BCUT2D eigenvalue weighted by atomic mass is 9.99. The van der Waals surface area contributed by atoms with Gasteiger partial charge in [-0.15, -0.1) is 0 Å². The van der Waals surface area contributed by atoms with Crippen LogP contribution in [0.25, 0.3) is 0 Å². The number of carbonyl (C=O) groups excluding carboxylic acids is 1. The second-order valence-corrected chi connectivity index (χ2v) is 12.6. The van der Waals surface area contributed by atoms with Crippen LogP contribution < -0.4 is 9.64 Å². The van der Waals surface area contributed by atoms with E-state index in [9.17, 15) is 4.79 Å². The fraction of sp³-hybridized carbons (Fsp3) is 0.548. The summed E-state index contributed by atoms with van der Waals surface area (Å²) in [5.41, 5.74) is 2.63. The van der Waals surface area contributed by atoms with Crippen LogP contribution in [0.2, 0.25) is 10.0 Å². The zero-order valence-electron chi connectivity index (χ0n) is 23.7. The van der Waals surface area contributed by atoms with Crippen LogP contribution in [0.1, 0.15) is 52.0 Å². The number of piperazine rings is 1. The first kappa shape index (κ1) is 29.0. The van der Waals surface area contributed by atoms with Crippen LogP contribution in [-0.2, 0) is 20.7 Å². The monoisotopic (exact) mass is 587 g/mol. The third-order valence-corrected chi connectivity index (χ3v) is 9.53. The fourth-order valence-corrected chi connectivity index (χ4v) is 5.98. The van der Waals surface area contributed by atoms with E-state index in [0.717, 1.165) is 75.5 Å². The summed E-state index contributed by atoms with van der Waals surface area (Å²) in [6.45, 7) is 11.6. The molecule has 2 heterocycles. The summed E-state index contributed by atoms with van der Waals surface area (Å²) in [5, 5.41) is 1.24. The summed E-state index contributed by atoms with van der Waals surface area (Å²) in [7, 11) is 0. The molecule has 7 nitrogen and oxygen atoms in total. The van der Waals surface area contributed by atoms with Gasteiger partial charge in [-0.05, 0) is 68.3 Å². The van der Waals surface area contributed by atoms with E-state index in [0.29, 0.717) is 29.0 Å². The average Bonchev–Trinajstić information content (AvgIpc) is 3.48. The normalized spacial score (nSPS) is 21.8. The van der Waals surface area contributed by atoms with Crippen molar-refractivity contribution in [2.75, 3.05) is 51.0 Å². The number of rotatable bonds is 10. The molecule has 2 fully saturated rings. The zero-order chi connectivity index (χ0) is 28.3. The molecule has 0 spiro atoms. The van der Waals surface area contributed by atoms with Gasteiger partial charge in [-0.3, -0.25) is 9.69 Å². The Kier molecular flexibility index (Phi) is 8.83. The summed E-state index contributed by atoms with van der Waals surface area (Å²) >= 11 is 12.6. The summed E-state index contributed by atoms with van der Waals surface area (Å²) in [6, 6.07) is 11.9. The van der Waals surface area contributed by atoms with E-state index in [1.54, 1.807) is 0 Å². The van der Waals surface area contributed by atoms with Gasteiger partial charge in [0.15, 0.2) is 5.90 Å². The summed E-state index contributed by atoms with van der Waals surface area (Å²) in [5.74, 6) is 1.20. The standard InChI is InChI=1S/C31H39Cl2N3O4/c1-30(2)20-31(30,3)29(37)40-21-39-27-12-10-22-9-11-23(19-25(22)34-27)38-18-5-4-13-35-14-16-36(17-15-35)26-8-6-7-24(32)28(26)33/h6-9,11,19H,4-5,10,12-18,20-21H2,1-3H3. The van der Waals surface area contributed by atoms with Crippen molar-refractivity contribution >= 4 is 46.4 Å². The van der Waals surface area contributed by atoms with Gasteiger partial charge in [0.2, 0.25) is 6.79 Å². The number of esters is 1. The number of fused-ring (bicyclic) bond motifs is 1. The highest BCUT2D eigenvalue weighted by Gasteiger charge is 2.63. The Hall–Kier alpha value is -2.48. The molecule has 0 radical (unpaired) electrons. The number of hydrogen-bond acceptors (Lipinski definition) is 7. The van der Waals surface area contributed by atoms with E-state index in [1.165, 1.54) is 5.56 Å². The fourth-order valence-electron chi connectivity index (χ4n) is 5.56. The number of benzene rings is 2. The van der Waals surface area contributed by atoms with E-state index in [4.69, 9.17) is 37.4 Å². The van der Waals surface area contributed by atoms with Gasteiger partial charge >= 0.3 is 5.97 Å². The minimum absolute atomic E-state index is 0.00923. The highest BCUT2D eigenvalue weighted by Crippen LogP contribution is 2.63. The van der Waals surface area contributed by atoms with Crippen molar-refractivity contribution in [2.45, 2.75) is 52.9 Å². The van der Waals surface area contributed by atoms with Crippen molar-refractivity contribution in [3.05, 3.63) is 52.0 Å². The lowest BCUT2D eigenvalue weighted by molar-refractivity contribution is -0.158. The lowest BCUT2D eigenvalue weighted by Gasteiger charge is -2.36. The Bertz CT molecular complexity index is 1260. The van der Waals surface area contributed by atoms with Gasteiger partial charge in [0.25, 0.3) is 0 Å². The minimum atomic E-state index is -0.412. The van der Waals surface area contributed by atoms with E-state index in [-0.39, 0.29) is 18.2 Å². The number of anilines is 1. The van der Waals surface area contributed by atoms with Crippen LogP contribution >= 0.6 is 23.2 Å². The molecule has 40 heavy (non-hydrogen) atoms. The molecule has 2 aromatic carbocycles. The number of aryl methyl sites for hydroxylation is 1. The molecule has 2 aliphatic heterocycles. The molecule has 5 rings (SSSR count). The van der Waals surface area contributed by atoms with Gasteiger partial charge in [-0.25, -0.2) is 4.99 Å². The molecule has 0 N–H and O–H groups in total. The number of ether oxygens (including phenoxy) is 3. The second-order valence-electron chi connectivity index (χ2n) is 11.8. The molecule has 1 atom stereocenters. The van der Waals surface area contributed by atoms with Crippen molar-refractivity contribution < 1.29 is 19.0 Å². The van der Waals surface area contributed by atoms with Gasteiger partial charge < -0.3 is 19.1 Å². The molecule has 1 unspecified atom stereocenters. The molecular weight excluding hydrogens is 549 g/mol. The maximum atomic E-state index is 12.4. The molecule has 9 heteroatoms. The van der Waals surface area contributed by atoms with Crippen LogP contribution in [0.4, 0.5) is 11.4 Å². The largest absolute Gasteiger partial charge is 0.494 e. The maximum Gasteiger partial charge on any atom is 0.315 e. The molecule has 0 aromatic heterocycles. The highest BCUT2D eigenvalue weighted by atomic mass is 35.5. The van der Waals surface area contributed by atoms with Crippen LogP contribution in [-0.4, -0.2) is 62.9 Å². The van der Waals surface area contributed by atoms with Crippen LogP contribution in [0.3, 0.4) is 0 Å². The average molecular weight is 589 g/mol. The summed E-state index contributed by atoms with van der Waals surface area (Å²) < 4.78 is 17.1. The molecule has 0 amide bonds. The third-order valence-electron chi connectivity index (χ3n) is 8.72. The topological polar surface area (TPSA) is 63.6 Å². The molecule has 1 saturated carbocycles. The number of carbonyl (C=O) groups is 1.